The van der Waals surface area contributed by atoms with Gasteiger partial charge in [0.05, 0.1) is 40.3 Å². The second-order valence-corrected chi connectivity index (χ2v) is 7.54. The molecule has 27 heavy (non-hydrogen) atoms. The highest BCUT2D eigenvalue weighted by Crippen LogP contribution is 2.20. The molecule has 0 fully saturated rings. The number of hydrogen-bond donors (Lipinski definition) is 2. The molecule has 0 saturated heterocycles. The van der Waals surface area contributed by atoms with Crippen molar-refractivity contribution in [3.8, 4) is 0 Å². The molecule has 0 amide bonds. The Bertz CT molecular complexity index is 931. The predicted molar refractivity (Wildman–Crippen MR) is 116 cm³/mol. The van der Waals surface area contributed by atoms with Crippen LogP contribution in [0.1, 0.15) is 29.6 Å². The Labute approximate surface area is 173 Å². The molecule has 1 aromatic carbocycles. The number of benzene rings is 1. The maximum atomic E-state index is 5.46. The van der Waals surface area contributed by atoms with Crippen LogP contribution in [0, 0.1) is 13.8 Å². The van der Waals surface area contributed by atoms with Crippen LogP contribution < -0.4 is 10.6 Å². The molecule has 0 atom stereocenters. The molecule has 0 aliphatic carbocycles. The quantitative estimate of drug-likeness (QED) is 0.560. The molecular weight excluding hydrogens is 424 g/mol. The Morgan fingerprint density at radius 2 is 1.93 bits per heavy atom. The largest absolute Gasteiger partial charge is 0.357 e. The lowest BCUT2D eigenvalue weighted by Gasteiger charge is -2.11. The van der Waals surface area contributed by atoms with Crippen LogP contribution >= 0.6 is 28.1 Å². The number of aromatic nitrogens is 4. The number of nitrogens with one attached hydrogen (secondary N) is 2. The summed E-state index contributed by atoms with van der Waals surface area (Å²) in [6.45, 7) is 8.21. The van der Waals surface area contributed by atoms with Gasteiger partial charge in [-0.25, -0.2) is 0 Å². The first-order chi connectivity index (χ1) is 13.0. The van der Waals surface area contributed by atoms with Gasteiger partial charge in [-0.1, -0.05) is 30.3 Å². The minimum Gasteiger partial charge on any atom is -0.357 e. The second-order valence-electron chi connectivity index (χ2n) is 6.28. The average molecular weight is 447 g/mol. The minimum atomic E-state index is 0.551. The summed E-state index contributed by atoms with van der Waals surface area (Å²) in [6.07, 6.45) is 1.97. The molecule has 0 aliphatic rings. The molecular formula is C19H23BrN6S. The Balaban J connectivity index is 1.64. The van der Waals surface area contributed by atoms with Crippen molar-refractivity contribution in [3.63, 3.8) is 0 Å². The SMILES string of the molecule is CCn1cc(Br)c(CNC(=S)Nc2c(C)nn(Cc3ccccc3)c2C)n1. The average Bonchev–Trinajstić information content (AvgIpc) is 3.15. The van der Waals surface area contributed by atoms with Gasteiger partial charge in [-0.3, -0.25) is 9.36 Å². The molecule has 142 valence electrons. The number of halogens is 1. The van der Waals surface area contributed by atoms with E-state index in [9.17, 15) is 0 Å². The van der Waals surface area contributed by atoms with E-state index < -0.39 is 0 Å². The van der Waals surface area contributed by atoms with Gasteiger partial charge in [0.2, 0.25) is 0 Å². The third kappa shape index (κ3) is 4.75. The molecule has 3 aromatic rings. The summed E-state index contributed by atoms with van der Waals surface area (Å²) in [4.78, 5) is 0. The van der Waals surface area contributed by atoms with Crippen molar-refractivity contribution in [3.05, 3.63) is 63.6 Å². The highest BCUT2D eigenvalue weighted by molar-refractivity contribution is 9.10. The highest BCUT2D eigenvalue weighted by Gasteiger charge is 2.13. The van der Waals surface area contributed by atoms with Crippen molar-refractivity contribution in [1.82, 2.24) is 24.9 Å². The molecule has 0 unspecified atom stereocenters. The number of aryl methyl sites for hydroxylation is 2. The smallest absolute Gasteiger partial charge is 0.171 e. The number of thiocarbonyl (C=S) groups is 1. The molecule has 0 bridgehead atoms. The Morgan fingerprint density at radius 3 is 2.59 bits per heavy atom. The summed E-state index contributed by atoms with van der Waals surface area (Å²) < 4.78 is 4.86. The van der Waals surface area contributed by atoms with Crippen LogP contribution in [0.3, 0.4) is 0 Å². The van der Waals surface area contributed by atoms with E-state index in [1.807, 2.05) is 47.6 Å². The maximum Gasteiger partial charge on any atom is 0.171 e. The molecule has 6 nitrogen and oxygen atoms in total. The van der Waals surface area contributed by atoms with E-state index in [2.05, 4.69) is 55.8 Å². The Hall–Kier alpha value is -2.19. The van der Waals surface area contributed by atoms with Gasteiger partial charge in [-0.15, -0.1) is 0 Å². The Kier molecular flexibility index (Phi) is 6.28. The summed E-state index contributed by atoms with van der Waals surface area (Å²) in [6, 6.07) is 10.3. The molecule has 3 rings (SSSR count). The zero-order valence-corrected chi connectivity index (χ0v) is 18.1. The molecule has 0 aliphatic heterocycles. The van der Waals surface area contributed by atoms with Gasteiger partial charge >= 0.3 is 0 Å². The van der Waals surface area contributed by atoms with Crippen molar-refractivity contribution in [1.29, 1.82) is 0 Å². The van der Waals surface area contributed by atoms with E-state index in [1.165, 1.54) is 5.56 Å². The standard InChI is InChI=1S/C19H23BrN6S/c1-4-25-12-16(20)17(24-25)10-21-19(27)22-18-13(2)23-26(14(18)3)11-15-8-6-5-7-9-15/h5-9,12H,4,10-11H2,1-3H3,(H2,21,22,27). The van der Waals surface area contributed by atoms with Crippen molar-refractivity contribution in [2.24, 2.45) is 0 Å². The molecule has 0 saturated carbocycles. The van der Waals surface area contributed by atoms with Gasteiger partial charge in [-0.2, -0.15) is 10.2 Å². The van der Waals surface area contributed by atoms with Gasteiger partial charge in [0.1, 0.15) is 0 Å². The molecule has 2 heterocycles. The van der Waals surface area contributed by atoms with Crippen LogP contribution in [0.15, 0.2) is 41.0 Å². The number of rotatable bonds is 6. The Morgan fingerprint density at radius 1 is 1.19 bits per heavy atom. The second kappa shape index (κ2) is 8.67. The number of hydrogen-bond acceptors (Lipinski definition) is 3. The van der Waals surface area contributed by atoms with E-state index in [-0.39, 0.29) is 0 Å². The van der Waals surface area contributed by atoms with Crippen LogP contribution in [0.2, 0.25) is 0 Å². The van der Waals surface area contributed by atoms with Gasteiger partial charge in [0.15, 0.2) is 5.11 Å². The summed E-state index contributed by atoms with van der Waals surface area (Å²) in [7, 11) is 0. The first kappa shape index (κ1) is 19.6. The van der Waals surface area contributed by atoms with Gasteiger partial charge in [0, 0.05) is 12.7 Å². The number of nitrogens with zero attached hydrogens (tertiary/aromatic N) is 4. The van der Waals surface area contributed by atoms with Crippen LogP contribution in [0.25, 0.3) is 0 Å². The fourth-order valence-electron chi connectivity index (χ4n) is 2.83. The third-order valence-corrected chi connectivity index (χ3v) is 5.23. The molecule has 0 spiro atoms. The van der Waals surface area contributed by atoms with E-state index in [0.29, 0.717) is 11.7 Å². The molecule has 8 heteroatoms. The zero-order chi connectivity index (χ0) is 19.4. The highest BCUT2D eigenvalue weighted by atomic mass is 79.9. The van der Waals surface area contributed by atoms with Crippen LogP contribution in [-0.4, -0.2) is 24.7 Å². The lowest BCUT2D eigenvalue weighted by Crippen LogP contribution is -2.28. The van der Waals surface area contributed by atoms with E-state index >= 15 is 0 Å². The van der Waals surface area contributed by atoms with E-state index in [4.69, 9.17) is 12.2 Å². The zero-order valence-electron chi connectivity index (χ0n) is 15.7. The molecule has 2 aromatic heterocycles. The van der Waals surface area contributed by atoms with E-state index in [0.717, 1.165) is 40.3 Å². The van der Waals surface area contributed by atoms with Gasteiger partial charge in [0.25, 0.3) is 0 Å². The monoisotopic (exact) mass is 446 g/mol. The third-order valence-electron chi connectivity index (χ3n) is 4.32. The maximum absolute atomic E-state index is 5.46. The summed E-state index contributed by atoms with van der Waals surface area (Å²) in [5.74, 6) is 0. The lowest BCUT2D eigenvalue weighted by molar-refractivity contribution is 0.643. The van der Waals surface area contributed by atoms with Crippen molar-refractivity contribution >= 4 is 38.9 Å². The van der Waals surface area contributed by atoms with Gasteiger partial charge in [-0.05, 0) is 54.5 Å². The first-order valence-electron chi connectivity index (χ1n) is 8.82. The number of anilines is 1. The van der Waals surface area contributed by atoms with Crippen molar-refractivity contribution in [2.75, 3.05) is 5.32 Å². The van der Waals surface area contributed by atoms with Crippen LogP contribution in [-0.2, 0) is 19.6 Å². The van der Waals surface area contributed by atoms with Gasteiger partial charge < -0.3 is 10.6 Å². The predicted octanol–water partition coefficient (Wildman–Crippen LogP) is 4.01. The normalized spacial score (nSPS) is 10.8. The molecule has 2 N–H and O–H groups in total. The van der Waals surface area contributed by atoms with Crippen LogP contribution in [0.4, 0.5) is 5.69 Å². The van der Waals surface area contributed by atoms with Crippen molar-refractivity contribution in [2.45, 2.75) is 40.4 Å². The minimum absolute atomic E-state index is 0.551. The van der Waals surface area contributed by atoms with Crippen molar-refractivity contribution < 1.29 is 0 Å². The topological polar surface area (TPSA) is 59.7 Å². The fourth-order valence-corrected chi connectivity index (χ4v) is 3.46. The summed E-state index contributed by atoms with van der Waals surface area (Å²) in [5.41, 5.74) is 5.06. The lowest BCUT2D eigenvalue weighted by atomic mass is 10.2. The summed E-state index contributed by atoms with van der Waals surface area (Å²) >= 11 is 9.00. The summed E-state index contributed by atoms with van der Waals surface area (Å²) in [5, 5.41) is 16.2. The van der Waals surface area contributed by atoms with Crippen LogP contribution in [0.5, 0.6) is 0 Å². The first-order valence-corrected chi connectivity index (χ1v) is 10.0. The fraction of sp³-hybridized carbons (Fsp3) is 0.316. The van der Waals surface area contributed by atoms with E-state index in [1.54, 1.807) is 0 Å². The molecule has 0 radical (unpaired) electrons.